The van der Waals surface area contributed by atoms with Gasteiger partial charge in [-0.15, -0.1) is 0 Å². The molecule has 4 nitrogen and oxygen atoms in total. The minimum absolute atomic E-state index is 0.100. The van der Waals surface area contributed by atoms with Crippen LogP contribution in [0.3, 0.4) is 0 Å². The second kappa shape index (κ2) is 5.62. The first-order chi connectivity index (χ1) is 9.71. The molecule has 1 aliphatic heterocycles. The van der Waals surface area contributed by atoms with Gasteiger partial charge in [0, 0.05) is 25.2 Å². The minimum atomic E-state index is 0.100. The number of ether oxygens (including phenoxy) is 2. The van der Waals surface area contributed by atoms with Gasteiger partial charge in [-0.05, 0) is 37.8 Å². The summed E-state index contributed by atoms with van der Waals surface area (Å²) in [6, 6.07) is 7.84. The molecule has 0 spiro atoms. The fourth-order valence-corrected chi connectivity index (χ4v) is 2.99. The van der Waals surface area contributed by atoms with Crippen LogP contribution in [0, 0.1) is 5.92 Å². The summed E-state index contributed by atoms with van der Waals surface area (Å²) >= 11 is 0. The molecule has 0 amide bonds. The van der Waals surface area contributed by atoms with E-state index in [0.717, 1.165) is 37.1 Å². The van der Waals surface area contributed by atoms with Gasteiger partial charge in [0.15, 0.2) is 11.5 Å². The summed E-state index contributed by atoms with van der Waals surface area (Å²) < 4.78 is 11.4. The fourth-order valence-electron chi connectivity index (χ4n) is 2.99. The monoisotopic (exact) mass is 276 g/mol. The van der Waals surface area contributed by atoms with Crippen LogP contribution in [0.5, 0.6) is 11.5 Å². The lowest BCUT2D eigenvalue weighted by Crippen LogP contribution is -2.69. The summed E-state index contributed by atoms with van der Waals surface area (Å²) in [4.78, 5) is 2.38. The Labute approximate surface area is 120 Å². The van der Waals surface area contributed by atoms with Crippen molar-refractivity contribution in [2.24, 2.45) is 11.7 Å². The Morgan fingerprint density at radius 3 is 2.45 bits per heavy atom. The van der Waals surface area contributed by atoms with Crippen LogP contribution in [0.2, 0.25) is 0 Å². The molecule has 2 fully saturated rings. The van der Waals surface area contributed by atoms with Gasteiger partial charge in [-0.2, -0.15) is 0 Å². The van der Waals surface area contributed by atoms with Crippen molar-refractivity contribution in [2.45, 2.75) is 25.3 Å². The van der Waals surface area contributed by atoms with Gasteiger partial charge in [0.2, 0.25) is 0 Å². The fraction of sp³-hybridized carbons (Fsp3) is 0.625. The zero-order chi connectivity index (χ0) is 14.0. The van der Waals surface area contributed by atoms with E-state index in [0.29, 0.717) is 13.2 Å². The molecular weight excluding hydrogens is 252 g/mol. The molecule has 1 saturated heterocycles. The molecule has 1 saturated carbocycles. The molecule has 3 rings (SSSR count). The third-order valence-electron chi connectivity index (χ3n) is 4.24. The topological polar surface area (TPSA) is 47.7 Å². The number of nitrogens with zero attached hydrogens (tertiary/aromatic N) is 1. The first-order valence-electron chi connectivity index (χ1n) is 7.57. The number of hydrogen-bond donors (Lipinski definition) is 1. The van der Waals surface area contributed by atoms with E-state index < -0.39 is 0 Å². The van der Waals surface area contributed by atoms with Crippen molar-refractivity contribution in [2.75, 3.05) is 32.8 Å². The Morgan fingerprint density at radius 1 is 1.20 bits per heavy atom. The molecule has 1 heterocycles. The lowest BCUT2D eigenvalue weighted by atomic mass is 9.86. The van der Waals surface area contributed by atoms with Crippen LogP contribution < -0.4 is 15.2 Å². The van der Waals surface area contributed by atoms with Crippen LogP contribution in [0.4, 0.5) is 0 Å². The Bertz CT molecular complexity index is 454. The second-order valence-electron chi connectivity index (χ2n) is 5.95. The summed E-state index contributed by atoms with van der Waals surface area (Å²) in [5, 5.41) is 0. The van der Waals surface area contributed by atoms with Crippen LogP contribution >= 0.6 is 0 Å². The van der Waals surface area contributed by atoms with Gasteiger partial charge >= 0.3 is 0 Å². The molecule has 0 radical (unpaired) electrons. The van der Waals surface area contributed by atoms with Crippen LogP contribution in [0.15, 0.2) is 24.3 Å². The number of benzene rings is 1. The summed E-state index contributed by atoms with van der Waals surface area (Å²) in [5.41, 5.74) is 6.44. The average molecular weight is 276 g/mol. The van der Waals surface area contributed by atoms with Crippen molar-refractivity contribution in [3.63, 3.8) is 0 Å². The Hall–Kier alpha value is -1.26. The van der Waals surface area contributed by atoms with Crippen molar-refractivity contribution in [3.8, 4) is 11.5 Å². The van der Waals surface area contributed by atoms with Crippen LogP contribution in [0.25, 0.3) is 0 Å². The van der Waals surface area contributed by atoms with Crippen LogP contribution in [0.1, 0.15) is 19.8 Å². The van der Waals surface area contributed by atoms with Gasteiger partial charge in [0.05, 0.1) is 6.61 Å². The molecule has 0 aromatic heterocycles. The third-order valence-corrected chi connectivity index (χ3v) is 4.24. The first-order valence-corrected chi connectivity index (χ1v) is 7.57. The molecule has 2 aliphatic rings. The maximum absolute atomic E-state index is 6.34. The largest absolute Gasteiger partial charge is 0.490 e. The van der Waals surface area contributed by atoms with E-state index in [1.165, 1.54) is 12.8 Å². The smallest absolute Gasteiger partial charge is 0.161 e. The number of likely N-dealkylation sites (tertiary alicyclic amines) is 1. The molecule has 1 aromatic rings. The molecule has 110 valence electrons. The van der Waals surface area contributed by atoms with Gasteiger partial charge in [-0.3, -0.25) is 4.90 Å². The maximum Gasteiger partial charge on any atom is 0.161 e. The van der Waals surface area contributed by atoms with Crippen LogP contribution in [-0.2, 0) is 0 Å². The van der Waals surface area contributed by atoms with E-state index >= 15 is 0 Å². The number of nitrogens with two attached hydrogens (primary N) is 1. The summed E-state index contributed by atoms with van der Waals surface area (Å²) in [6.07, 6.45) is 2.64. The predicted molar refractivity (Wildman–Crippen MR) is 79.2 cm³/mol. The lowest BCUT2D eigenvalue weighted by molar-refractivity contribution is 0.0429. The van der Waals surface area contributed by atoms with E-state index in [2.05, 4.69) is 4.90 Å². The minimum Gasteiger partial charge on any atom is -0.490 e. The second-order valence-corrected chi connectivity index (χ2v) is 5.95. The molecule has 2 N–H and O–H groups in total. The molecular formula is C16H24N2O2. The van der Waals surface area contributed by atoms with Gasteiger partial charge in [0.1, 0.15) is 6.61 Å². The lowest BCUT2D eigenvalue weighted by Gasteiger charge is -2.48. The van der Waals surface area contributed by atoms with Crippen molar-refractivity contribution in [3.05, 3.63) is 24.3 Å². The maximum atomic E-state index is 6.34. The normalized spacial score (nSPS) is 21.3. The highest BCUT2D eigenvalue weighted by molar-refractivity contribution is 5.39. The van der Waals surface area contributed by atoms with Crippen molar-refractivity contribution in [1.29, 1.82) is 0 Å². The summed E-state index contributed by atoms with van der Waals surface area (Å²) in [7, 11) is 0. The van der Waals surface area contributed by atoms with Crippen molar-refractivity contribution in [1.82, 2.24) is 4.90 Å². The van der Waals surface area contributed by atoms with Gasteiger partial charge < -0.3 is 15.2 Å². The Kier molecular flexibility index (Phi) is 3.85. The molecule has 0 unspecified atom stereocenters. The predicted octanol–water partition coefficient (Wildman–Crippen LogP) is 1.89. The third kappa shape index (κ3) is 2.91. The Morgan fingerprint density at radius 2 is 1.85 bits per heavy atom. The van der Waals surface area contributed by atoms with Crippen LogP contribution in [-0.4, -0.2) is 43.3 Å². The highest BCUT2D eigenvalue weighted by Crippen LogP contribution is 2.42. The van der Waals surface area contributed by atoms with E-state index in [1.54, 1.807) is 0 Å². The van der Waals surface area contributed by atoms with Crippen molar-refractivity contribution >= 4 is 0 Å². The number of para-hydroxylation sites is 2. The molecule has 0 bridgehead atoms. The highest BCUT2D eigenvalue weighted by atomic mass is 16.5. The van der Waals surface area contributed by atoms with E-state index in [1.807, 2.05) is 31.2 Å². The van der Waals surface area contributed by atoms with Crippen molar-refractivity contribution < 1.29 is 9.47 Å². The molecule has 1 aliphatic carbocycles. The summed E-state index contributed by atoms with van der Waals surface area (Å²) in [5.74, 6) is 2.43. The average Bonchev–Trinajstić information content (AvgIpc) is 3.23. The molecule has 20 heavy (non-hydrogen) atoms. The van der Waals surface area contributed by atoms with Gasteiger partial charge in [0.25, 0.3) is 0 Å². The zero-order valence-electron chi connectivity index (χ0n) is 12.2. The quantitative estimate of drug-likeness (QED) is 0.826. The van der Waals surface area contributed by atoms with E-state index in [4.69, 9.17) is 15.2 Å². The SMILES string of the molecule is CCOc1ccccc1OCCN1CC(N)(C2CC2)C1. The van der Waals surface area contributed by atoms with Gasteiger partial charge in [-0.1, -0.05) is 12.1 Å². The standard InChI is InChI=1S/C16H24N2O2/c1-2-19-14-5-3-4-6-15(14)20-10-9-18-11-16(17,12-18)13-7-8-13/h3-6,13H,2,7-12,17H2,1H3. The molecule has 1 aromatic carbocycles. The number of rotatable bonds is 7. The Balaban J connectivity index is 1.42. The van der Waals surface area contributed by atoms with E-state index in [9.17, 15) is 0 Å². The number of hydrogen-bond acceptors (Lipinski definition) is 4. The first kappa shape index (κ1) is 13.7. The molecule has 0 atom stereocenters. The highest BCUT2D eigenvalue weighted by Gasteiger charge is 2.49. The summed E-state index contributed by atoms with van der Waals surface area (Å²) in [6.45, 7) is 6.30. The molecule has 4 heteroatoms. The zero-order valence-corrected chi connectivity index (χ0v) is 12.2. The van der Waals surface area contributed by atoms with Gasteiger partial charge in [-0.25, -0.2) is 0 Å². The van der Waals surface area contributed by atoms with E-state index in [-0.39, 0.29) is 5.54 Å².